The van der Waals surface area contributed by atoms with Crippen LogP contribution < -0.4 is 25.0 Å². The van der Waals surface area contributed by atoms with Crippen molar-refractivity contribution in [2.75, 3.05) is 42.3 Å². The van der Waals surface area contributed by atoms with Gasteiger partial charge in [0.15, 0.2) is 0 Å². The van der Waals surface area contributed by atoms with Gasteiger partial charge in [0.1, 0.15) is 5.75 Å². The first-order chi connectivity index (χ1) is 18.7. The number of nitrogens with zero attached hydrogens (tertiary/aromatic N) is 4. The van der Waals surface area contributed by atoms with Gasteiger partial charge in [-0.1, -0.05) is 44.2 Å². The number of hydrogen-bond acceptors (Lipinski definition) is 8. The van der Waals surface area contributed by atoms with Crippen LogP contribution in [0.2, 0.25) is 0 Å². The predicted octanol–water partition coefficient (Wildman–Crippen LogP) is 6.62. The maximum Gasteiger partial charge on any atom is 0.323 e. The van der Waals surface area contributed by atoms with Crippen LogP contribution in [0.15, 0.2) is 78.9 Å². The predicted molar refractivity (Wildman–Crippen MR) is 154 cm³/mol. The van der Waals surface area contributed by atoms with Crippen LogP contribution in [0.3, 0.4) is 0 Å². The average Bonchev–Trinajstić information content (AvgIpc) is 2.95. The summed E-state index contributed by atoms with van der Waals surface area (Å²) in [6.07, 6.45) is 2.78. The lowest BCUT2D eigenvalue weighted by Crippen LogP contribution is -2.27. The van der Waals surface area contributed by atoms with Gasteiger partial charge >= 0.3 is 6.01 Å². The standard InChI is InChI=1S/C30H36N6O2/c1-4-20-36(21-5-2)29-33-28(34-30(35-29)38-22-19-23-9-7-6-8-10-23)32-26-13-11-24(12-14-26)31-25-15-17-27(37-3)18-16-25/h6-18,31H,4-5,19-22H2,1-3H3,(H,32,33,34,35). The number of hydrogen-bond donors (Lipinski definition) is 2. The molecule has 0 radical (unpaired) electrons. The van der Waals surface area contributed by atoms with Crippen molar-refractivity contribution in [3.05, 3.63) is 84.4 Å². The number of aromatic nitrogens is 3. The number of methoxy groups -OCH3 is 1. The lowest BCUT2D eigenvalue weighted by Gasteiger charge is -2.22. The van der Waals surface area contributed by atoms with Gasteiger partial charge in [-0.05, 0) is 66.9 Å². The minimum absolute atomic E-state index is 0.323. The number of ether oxygens (including phenoxy) is 2. The molecule has 0 unspecified atom stereocenters. The quantitative estimate of drug-likeness (QED) is 0.195. The Bertz CT molecular complexity index is 1240. The van der Waals surface area contributed by atoms with E-state index in [1.165, 1.54) is 5.56 Å². The lowest BCUT2D eigenvalue weighted by atomic mass is 10.2. The molecule has 198 valence electrons. The molecule has 8 heteroatoms. The molecule has 0 aliphatic carbocycles. The van der Waals surface area contributed by atoms with Gasteiger partial charge in [0.05, 0.1) is 13.7 Å². The molecule has 1 heterocycles. The highest BCUT2D eigenvalue weighted by Gasteiger charge is 2.14. The van der Waals surface area contributed by atoms with Crippen LogP contribution >= 0.6 is 0 Å². The van der Waals surface area contributed by atoms with E-state index in [9.17, 15) is 0 Å². The minimum Gasteiger partial charge on any atom is -0.497 e. The van der Waals surface area contributed by atoms with Crippen molar-refractivity contribution in [3.63, 3.8) is 0 Å². The van der Waals surface area contributed by atoms with Crippen molar-refractivity contribution in [2.24, 2.45) is 0 Å². The van der Waals surface area contributed by atoms with E-state index in [2.05, 4.69) is 51.5 Å². The molecule has 8 nitrogen and oxygen atoms in total. The zero-order chi connectivity index (χ0) is 26.6. The average molecular weight is 513 g/mol. The second-order valence-corrected chi connectivity index (χ2v) is 8.87. The van der Waals surface area contributed by atoms with Gasteiger partial charge < -0.3 is 25.0 Å². The molecule has 0 atom stereocenters. The first-order valence-corrected chi connectivity index (χ1v) is 13.1. The van der Waals surface area contributed by atoms with Gasteiger partial charge in [0.2, 0.25) is 11.9 Å². The Balaban J connectivity index is 1.48. The van der Waals surface area contributed by atoms with Crippen molar-refractivity contribution in [2.45, 2.75) is 33.1 Å². The van der Waals surface area contributed by atoms with Crippen LogP contribution in [0.1, 0.15) is 32.3 Å². The molecule has 0 amide bonds. The van der Waals surface area contributed by atoms with Crippen molar-refractivity contribution < 1.29 is 9.47 Å². The van der Waals surface area contributed by atoms with E-state index in [0.717, 1.165) is 55.2 Å². The second kappa shape index (κ2) is 13.8. The molecule has 38 heavy (non-hydrogen) atoms. The summed E-state index contributed by atoms with van der Waals surface area (Å²) in [5.74, 6) is 1.91. The Morgan fingerprint density at radius 1 is 0.711 bits per heavy atom. The zero-order valence-corrected chi connectivity index (χ0v) is 22.4. The topological polar surface area (TPSA) is 84.4 Å². The van der Waals surface area contributed by atoms with Crippen molar-refractivity contribution in [1.29, 1.82) is 0 Å². The third-order valence-electron chi connectivity index (χ3n) is 5.86. The van der Waals surface area contributed by atoms with Crippen molar-refractivity contribution in [3.8, 4) is 11.8 Å². The molecule has 0 aliphatic rings. The Hall–Kier alpha value is -4.33. The van der Waals surface area contributed by atoms with E-state index in [-0.39, 0.29) is 0 Å². The SMILES string of the molecule is CCCN(CCC)c1nc(Nc2ccc(Nc3ccc(OC)cc3)cc2)nc(OCCc2ccccc2)n1. The monoisotopic (exact) mass is 512 g/mol. The van der Waals surface area contributed by atoms with E-state index in [1.807, 2.05) is 66.7 Å². The van der Waals surface area contributed by atoms with E-state index in [1.54, 1.807) is 7.11 Å². The molecule has 0 bridgehead atoms. The van der Waals surface area contributed by atoms with Gasteiger partial charge in [-0.15, -0.1) is 0 Å². The summed E-state index contributed by atoms with van der Waals surface area (Å²) >= 11 is 0. The van der Waals surface area contributed by atoms with Crippen LogP contribution in [-0.4, -0.2) is 41.8 Å². The highest BCUT2D eigenvalue weighted by molar-refractivity contribution is 5.64. The van der Waals surface area contributed by atoms with Crippen LogP contribution in [0, 0.1) is 0 Å². The van der Waals surface area contributed by atoms with Gasteiger partial charge in [0, 0.05) is 36.6 Å². The van der Waals surface area contributed by atoms with Crippen LogP contribution in [0.5, 0.6) is 11.8 Å². The molecule has 1 aromatic heterocycles. The summed E-state index contributed by atoms with van der Waals surface area (Å²) in [6, 6.07) is 26.4. The fourth-order valence-electron chi connectivity index (χ4n) is 3.97. The van der Waals surface area contributed by atoms with Crippen molar-refractivity contribution in [1.82, 2.24) is 15.0 Å². The summed E-state index contributed by atoms with van der Waals surface area (Å²) in [7, 11) is 1.66. The van der Waals surface area contributed by atoms with Crippen LogP contribution in [0.4, 0.5) is 29.0 Å². The molecule has 0 fully saturated rings. The molecule has 0 saturated heterocycles. The third kappa shape index (κ3) is 7.83. The van der Waals surface area contributed by atoms with E-state index in [0.29, 0.717) is 24.5 Å². The normalized spacial score (nSPS) is 10.6. The van der Waals surface area contributed by atoms with E-state index >= 15 is 0 Å². The molecule has 4 rings (SSSR count). The lowest BCUT2D eigenvalue weighted by molar-refractivity contribution is 0.296. The summed E-state index contributed by atoms with van der Waals surface area (Å²) in [5.41, 5.74) is 4.04. The largest absolute Gasteiger partial charge is 0.497 e. The molecule has 2 N–H and O–H groups in total. The first kappa shape index (κ1) is 26.7. The molecule has 3 aromatic carbocycles. The Morgan fingerprint density at radius 2 is 1.32 bits per heavy atom. The highest BCUT2D eigenvalue weighted by atomic mass is 16.5. The van der Waals surface area contributed by atoms with Gasteiger partial charge in [0.25, 0.3) is 0 Å². The summed E-state index contributed by atoms with van der Waals surface area (Å²) in [5, 5.41) is 6.72. The zero-order valence-electron chi connectivity index (χ0n) is 22.4. The van der Waals surface area contributed by atoms with Crippen LogP contribution in [0.25, 0.3) is 0 Å². The van der Waals surface area contributed by atoms with Crippen molar-refractivity contribution >= 4 is 29.0 Å². The first-order valence-electron chi connectivity index (χ1n) is 13.1. The molecular formula is C30H36N6O2. The maximum absolute atomic E-state index is 5.99. The molecule has 0 aliphatic heterocycles. The summed E-state index contributed by atoms with van der Waals surface area (Å²) < 4.78 is 11.2. The maximum atomic E-state index is 5.99. The molecule has 4 aromatic rings. The Morgan fingerprint density at radius 3 is 1.92 bits per heavy atom. The van der Waals surface area contributed by atoms with Crippen LogP contribution in [-0.2, 0) is 6.42 Å². The fourth-order valence-corrected chi connectivity index (χ4v) is 3.97. The third-order valence-corrected chi connectivity index (χ3v) is 5.86. The smallest absolute Gasteiger partial charge is 0.323 e. The van der Waals surface area contributed by atoms with Gasteiger partial charge in [-0.2, -0.15) is 15.0 Å². The van der Waals surface area contributed by atoms with E-state index in [4.69, 9.17) is 14.5 Å². The molecule has 0 spiro atoms. The molecular weight excluding hydrogens is 476 g/mol. The number of rotatable bonds is 14. The summed E-state index contributed by atoms with van der Waals surface area (Å²) in [6.45, 7) is 6.53. The highest BCUT2D eigenvalue weighted by Crippen LogP contribution is 2.24. The van der Waals surface area contributed by atoms with E-state index < -0.39 is 0 Å². The number of anilines is 5. The number of benzene rings is 3. The Kier molecular flexibility index (Phi) is 9.73. The Labute approximate surface area is 225 Å². The van der Waals surface area contributed by atoms with Gasteiger partial charge in [-0.25, -0.2) is 0 Å². The molecule has 0 saturated carbocycles. The van der Waals surface area contributed by atoms with Gasteiger partial charge in [-0.3, -0.25) is 0 Å². The minimum atomic E-state index is 0.323. The number of nitrogens with one attached hydrogen (secondary N) is 2. The summed E-state index contributed by atoms with van der Waals surface area (Å²) in [4.78, 5) is 16.1. The fraction of sp³-hybridized carbons (Fsp3) is 0.300. The second-order valence-electron chi connectivity index (χ2n) is 8.87.